The normalized spacial score (nSPS) is 22.8. The molecule has 1 aliphatic carbocycles. The van der Waals surface area contributed by atoms with Crippen LogP contribution in [0.15, 0.2) is 64.1 Å². The summed E-state index contributed by atoms with van der Waals surface area (Å²) in [7, 11) is 0. The van der Waals surface area contributed by atoms with E-state index in [1.165, 1.54) is 0 Å². The third-order valence-corrected chi connectivity index (χ3v) is 6.61. The second kappa shape index (κ2) is 9.37. The minimum atomic E-state index is -0.311. The fourth-order valence-corrected chi connectivity index (χ4v) is 4.73. The summed E-state index contributed by atoms with van der Waals surface area (Å²) in [5.74, 6) is 3.21. The molecule has 2 aliphatic heterocycles. The maximum Gasteiger partial charge on any atom is 0.320 e. The summed E-state index contributed by atoms with van der Waals surface area (Å²) in [4.78, 5) is 14.9. The third-order valence-electron chi connectivity index (χ3n) is 6.61. The Morgan fingerprint density at radius 3 is 2.72 bits per heavy atom. The van der Waals surface area contributed by atoms with Crippen LogP contribution < -0.4 is 16.1 Å². The highest BCUT2D eigenvalue weighted by Gasteiger charge is 2.32. The highest BCUT2D eigenvalue weighted by atomic mass is 16.5. The van der Waals surface area contributed by atoms with E-state index in [2.05, 4.69) is 63.3 Å². The van der Waals surface area contributed by atoms with E-state index in [4.69, 9.17) is 9.26 Å². The van der Waals surface area contributed by atoms with Crippen LogP contribution in [0.2, 0.25) is 0 Å². The monoisotopic (exact) mass is 490 g/mol. The molecule has 2 aromatic rings. The van der Waals surface area contributed by atoms with Gasteiger partial charge in [0.1, 0.15) is 29.6 Å². The summed E-state index contributed by atoms with van der Waals surface area (Å²) in [6.45, 7) is 10.4. The van der Waals surface area contributed by atoms with E-state index in [9.17, 15) is 4.79 Å². The van der Waals surface area contributed by atoms with Gasteiger partial charge in [0, 0.05) is 23.6 Å². The van der Waals surface area contributed by atoms with Crippen LogP contribution in [-0.2, 0) is 10.2 Å². The third kappa shape index (κ3) is 4.82. The van der Waals surface area contributed by atoms with E-state index in [1.807, 2.05) is 45.2 Å². The zero-order valence-electron chi connectivity index (χ0n) is 21.4. The number of hydrogen-bond acceptors (Lipinski definition) is 7. The van der Waals surface area contributed by atoms with Gasteiger partial charge in [-0.3, -0.25) is 10.7 Å². The zero-order chi connectivity index (χ0) is 25.4. The fourth-order valence-electron chi connectivity index (χ4n) is 4.73. The van der Waals surface area contributed by atoms with Crippen molar-refractivity contribution in [1.29, 1.82) is 0 Å². The number of urea groups is 1. The fraction of sp³-hybridized carbons (Fsp3) is 0.444. The molecule has 0 saturated carbocycles. The Kier molecular flexibility index (Phi) is 6.24. The number of aromatic nitrogens is 1. The summed E-state index contributed by atoms with van der Waals surface area (Å²) >= 11 is 0. The first-order chi connectivity index (χ1) is 17.2. The molecule has 5 rings (SSSR count). The molecule has 3 heterocycles. The number of amides is 2. The number of ether oxygens (including phenoxy) is 1. The number of hydrazone groups is 1. The van der Waals surface area contributed by atoms with Gasteiger partial charge in [0.2, 0.25) is 0 Å². The molecule has 3 N–H and O–H groups in total. The molecule has 0 saturated heterocycles. The lowest BCUT2D eigenvalue weighted by molar-refractivity contribution is 0.0985. The zero-order valence-corrected chi connectivity index (χ0v) is 21.4. The van der Waals surface area contributed by atoms with Crippen molar-refractivity contribution >= 4 is 17.7 Å². The van der Waals surface area contributed by atoms with Gasteiger partial charge in [-0.05, 0) is 36.1 Å². The number of benzene rings is 1. The van der Waals surface area contributed by atoms with E-state index in [1.54, 1.807) is 6.07 Å². The Balaban J connectivity index is 1.26. The van der Waals surface area contributed by atoms with Crippen LogP contribution >= 0.6 is 0 Å². The summed E-state index contributed by atoms with van der Waals surface area (Å²) in [5, 5.41) is 14.3. The van der Waals surface area contributed by atoms with Gasteiger partial charge in [-0.25, -0.2) is 4.79 Å². The average Bonchev–Trinajstić information content (AvgIpc) is 3.47. The molecule has 3 aliphatic rings. The Morgan fingerprint density at radius 1 is 1.22 bits per heavy atom. The van der Waals surface area contributed by atoms with Gasteiger partial charge in [-0.15, -0.1) is 0 Å². The van der Waals surface area contributed by atoms with Crippen molar-refractivity contribution in [3.63, 3.8) is 0 Å². The Labute approximate surface area is 211 Å². The lowest BCUT2D eigenvalue weighted by Crippen LogP contribution is -2.38. The molecule has 0 fully saturated rings. The standard InChI is InChI=1S/C27H34N6O3/c1-16(2)25-31-30-24-13-10-17(15-33(24)25)35-21-12-11-20(18-8-6-7-9-19(18)21)28-26(34)29-23-14-22(36-32-23)27(3,4)5/h6-10,13-16,20-21,24,30H,11-12H2,1-5H3,(H2,28,29,32,34)/t20-,21-,24?/m0/s1. The topological polar surface area (TPSA) is 104 Å². The van der Waals surface area contributed by atoms with Gasteiger partial charge in [0.15, 0.2) is 5.82 Å². The van der Waals surface area contributed by atoms with Gasteiger partial charge in [-0.1, -0.05) is 64.0 Å². The van der Waals surface area contributed by atoms with E-state index >= 15 is 0 Å². The summed E-state index contributed by atoms with van der Waals surface area (Å²) < 4.78 is 11.9. The Bertz CT molecular complexity index is 1220. The molecule has 190 valence electrons. The molecule has 3 atom stereocenters. The average molecular weight is 491 g/mol. The quantitative estimate of drug-likeness (QED) is 0.526. The van der Waals surface area contributed by atoms with E-state index in [0.717, 1.165) is 41.3 Å². The molecule has 0 bridgehead atoms. The van der Waals surface area contributed by atoms with Crippen molar-refractivity contribution in [2.75, 3.05) is 5.32 Å². The minimum Gasteiger partial charge on any atom is -0.484 e. The summed E-state index contributed by atoms with van der Waals surface area (Å²) in [6, 6.07) is 9.46. The molecule has 1 unspecified atom stereocenters. The number of amidine groups is 1. The largest absolute Gasteiger partial charge is 0.484 e. The smallest absolute Gasteiger partial charge is 0.320 e. The minimum absolute atomic E-state index is 0.0321. The molecule has 0 radical (unpaired) electrons. The van der Waals surface area contributed by atoms with E-state index in [0.29, 0.717) is 11.7 Å². The van der Waals surface area contributed by atoms with Crippen molar-refractivity contribution in [1.82, 2.24) is 20.8 Å². The Hall–Kier alpha value is -3.75. The SMILES string of the molecule is CC(C)C1=NNC2C=CC(O[C@H]3CC[C@H](NC(=O)Nc4cc(C(C)(C)C)on4)c4ccccc43)=CN12. The highest BCUT2D eigenvalue weighted by Crippen LogP contribution is 2.40. The predicted octanol–water partition coefficient (Wildman–Crippen LogP) is 5.30. The molecular formula is C27H34N6O3. The predicted molar refractivity (Wildman–Crippen MR) is 138 cm³/mol. The summed E-state index contributed by atoms with van der Waals surface area (Å²) in [5.41, 5.74) is 5.11. The Morgan fingerprint density at radius 2 is 2.00 bits per heavy atom. The maximum absolute atomic E-state index is 12.8. The van der Waals surface area contributed by atoms with Crippen LogP contribution in [0.4, 0.5) is 10.6 Å². The van der Waals surface area contributed by atoms with Crippen molar-refractivity contribution in [3.8, 4) is 0 Å². The van der Waals surface area contributed by atoms with Crippen LogP contribution in [0.1, 0.15) is 76.5 Å². The molecule has 9 heteroatoms. The number of fused-ring (bicyclic) bond motifs is 2. The van der Waals surface area contributed by atoms with Crippen LogP contribution in [0.3, 0.4) is 0 Å². The molecule has 2 amide bonds. The first-order valence-corrected chi connectivity index (χ1v) is 12.5. The molecule has 1 aromatic heterocycles. The van der Waals surface area contributed by atoms with Crippen LogP contribution in [0, 0.1) is 5.92 Å². The van der Waals surface area contributed by atoms with E-state index in [-0.39, 0.29) is 29.8 Å². The molecule has 1 aromatic carbocycles. The van der Waals surface area contributed by atoms with Crippen molar-refractivity contribution in [2.45, 2.75) is 71.2 Å². The number of allylic oxidation sites excluding steroid dienone is 1. The van der Waals surface area contributed by atoms with Crippen molar-refractivity contribution in [2.24, 2.45) is 11.0 Å². The molecule has 36 heavy (non-hydrogen) atoms. The van der Waals surface area contributed by atoms with Gasteiger partial charge < -0.3 is 19.5 Å². The molecular weight excluding hydrogens is 456 g/mol. The van der Waals surface area contributed by atoms with Gasteiger partial charge >= 0.3 is 6.03 Å². The number of anilines is 1. The first kappa shape index (κ1) is 24.0. The highest BCUT2D eigenvalue weighted by molar-refractivity contribution is 5.88. The van der Waals surface area contributed by atoms with E-state index < -0.39 is 0 Å². The lowest BCUT2D eigenvalue weighted by atomic mass is 9.85. The number of carbonyl (C=O) groups is 1. The number of nitrogens with zero attached hydrogens (tertiary/aromatic N) is 3. The second-order valence-electron chi connectivity index (χ2n) is 10.8. The number of hydrogen-bond donors (Lipinski definition) is 3. The van der Waals surface area contributed by atoms with Gasteiger partial charge in [0.25, 0.3) is 0 Å². The number of carbonyl (C=O) groups excluding carboxylic acids is 1. The van der Waals surface area contributed by atoms with Crippen LogP contribution in [0.5, 0.6) is 0 Å². The van der Waals surface area contributed by atoms with Crippen LogP contribution in [0.25, 0.3) is 0 Å². The van der Waals surface area contributed by atoms with Gasteiger partial charge in [-0.2, -0.15) is 5.10 Å². The summed E-state index contributed by atoms with van der Waals surface area (Å²) in [6.07, 6.45) is 7.54. The number of nitrogens with one attached hydrogen (secondary N) is 3. The maximum atomic E-state index is 12.8. The van der Waals surface area contributed by atoms with Crippen LogP contribution in [-0.4, -0.2) is 28.1 Å². The molecule has 9 nitrogen and oxygen atoms in total. The second-order valence-corrected chi connectivity index (χ2v) is 10.8. The van der Waals surface area contributed by atoms with Crippen molar-refractivity contribution in [3.05, 3.63) is 71.3 Å². The van der Waals surface area contributed by atoms with Crippen molar-refractivity contribution < 1.29 is 14.1 Å². The number of rotatable bonds is 5. The first-order valence-electron chi connectivity index (χ1n) is 12.5. The molecule has 0 spiro atoms. The lowest BCUT2D eigenvalue weighted by Gasteiger charge is -2.34. The van der Waals surface area contributed by atoms with Gasteiger partial charge in [0.05, 0.1) is 6.04 Å².